The number of carbonyl (C=O) groups excluding carboxylic acids is 1. The monoisotopic (exact) mass is 468 g/mol. The Morgan fingerprint density at radius 1 is 0.882 bits per heavy atom. The summed E-state index contributed by atoms with van der Waals surface area (Å²) in [6.45, 7) is 9.27. The number of aromatic nitrogens is 2. The molecule has 0 aliphatic carbocycles. The Labute approximate surface area is 197 Å². The van der Waals surface area contributed by atoms with Crippen molar-refractivity contribution in [1.82, 2.24) is 9.97 Å². The van der Waals surface area contributed by atoms with Gasteiger partial charge in [0.25, 0.3) is 0 Å². The second kappa shape index (κ2) is 8.84. The Bertz CT molecular complexity index is 1070. The second-order valence-corrected chi connectivity index (χ2v) is 9.49. The summed E-state index contributed by atoms with van der Waals surface area (Å²) < 4.78 is 15.4. The molecule has 6 rings (SSSR count). The van der Waals surface area contributed by atoms with E-state index in [0.29, 0.717) is 23.1 Å². The minimum Gasteiger partial charge on any atom is -0.477 e. The van der Waals surface area contributed by atoms with Gasteiger partial charge in [0.15, 0.2) is 11.4 Å². The summed E-state index contributed by atoms with van der Waals surface area (Å²) in [7, 11) is 0. The number of carbonyl (C=O) groups is 2. The number of aromatic carboxylic acids is 1. The fourth-order valence-electron chi connectivity index (χ4n) is 4.63. The molecule has 4 saturated heterocycles. The van der Waals surface area contributed by atoms with Gasteiger partial charge in [0.1, 0.15) is 11.6 Å². The quantitative estimate of drug-likeness (QED) is 0.651. The Kier molecular flexibility index (Phi) is 5.86. The standard InChI is InChI=1S/C13H16N2O3.C11H12N2O3/c1-2-18-12(16)10-4-3-5-11(14-10)15-6-13(7-15)8-17-9-13;14-10(15)8-2-1-3-9(12-8)13-4-11(5-13)6-16-7-11/h3-5H,2,6-9H2,1H3;1-3H,4-7H2,(H,14,15). The number of pyridine rings is 2. The van der Waals surface area contributed by atoms with Crippen LogP contribution in [0, 0.1) is 10.8 Å². The van der Waals surface area contributed by atoms with Crippen LogP contribution in [0.5, 0.6) is 0 Å². The van der Waals surface area contributed by atoms with Crippen LogP contribution in [0.4, 0.5) is 11.6 Å². The highest BCUT2D eigenvalue weighted by molar-refractivity contribution is 5.87. The minimum absolute atomic E-state index is 0.100. The summed E-state index contributed by atoms with van der Waals surface area (Å²) in [6.07, 6.45) is 0. The SMILES string of the molecule is CCOC(=O)c1cccc(N2CC3(COC3)C2)n1.O=C(O)c1cccc(N2CC3(COC3)C2)n1. The maximum Gasteiger partial charge on any atom is 0.356 e. The van der Waals surface area contributed by atoms with Crippen molar-refractivity contribution in [2.24, 2.45) is 10.8 Å². The molecule has 6 heterocycles. The third-order valence-electron chi connectivity index (χ3n) is 6.56. The van der Waals surface area contributed by atoms with E-state index in [1.165, 1.54) is 6.07 Å². The van der Waals surface area contributed by atoms with Crippen molar-refractivity contribution in [2.45, 2.75) is 6.92 Å². The van der Waals surface area contributed by atoms with Gasteiger partial charge < -0.3 is 29.1 Å². The number of hydrogen-bond acceptors (Lipinski definition) is 9. The van der Waals surface area contributed by atoms with Crippen LogP contribution in [0.2, 0.25) is 0 Å². The van der Waals surface area contributed by atoms with Gasteiger partial charge in [-0.3, -0.25) is 0 Å². The maximum atomic E-state index is 11.6. The molecule has 10 heteroatoms. The van der Waals surface area contributed by atoms with Gasteiger partial charge in [0.05, 0.1) is 43.9 Å². The van der Waals surface area contributed by atoms with Gasteiger partial charge in [-0.05, 0) is 31.2 Å². The molecule has 2 aromatic rings. The van der Waals surface area contributed by atoms with E-state index in [1.54, 1.807) is 19.1 Å². The molecule has 4 aliphatic heterocycles. The van der Waals surface area contributed by atoms with Crippen molar-refractivity contribution in [1.29, 1.82) is 0 Å². The Morgan fingerprint density at radius 3 is 1.76 bits per heavy atom. The highest BCUT2D eigenvalue weighted by Crippen LogP contribution is 2.40. The van der Waals surface area contributed by atoms with Gasteiger partial charge in [0.2, 0.25) is 0 Å². The molecule has 0 amide bonds. The van der Waals surface area contributed by atoms with Gasteiger partial charge in [0, 0.05) is 26.2 Å². The smallest absolute Gasteiger partial charge is 0.356 e. The summed E-state index contributed by atoms with van der Waals surface area (Å²) >= 11 is 0. The lowest BCUT2D eigenvalue weighted by Crippen LogP contribution is -2.66. The predicted molar refractivity (Wildman–Crippen MR) is 122 cm³/mol. The molecule has 2 aromatic heterocycles. The number of rotatable bonds is 5. The number of hydrogen-bond donors (Lipinski definition) is 1. The van der Waals surface area contributed by atoms with Gasteiger partial charge >= 0.3 is 11.9 Å². The summed E-state index contributed by atoms with van der Waals surface area (Å²) in [5.74, 6) is 0.251. The molecule has 4 fully saturated rings. The van der Waals surface area contributed by atoms with Crippen LogP contribution >= 0.6 is 0 Å². The molecule has 180 valence electrons. The normalized spacial score (nSPS) is 20.7. The largest absolute Gasteiger partial charge is 0.477 e. The molecular weight excluding hydrogens is 440 g/mol. The number of carboxylic acid groups (broad SMARTS) is 1. The zero-order chi connectivity index (χ0) is 23.8. The van der Waals surface area contributed by atoms with Crippen LogP contribution in [0.15, 0.2) is 36.4 Å². The van der Waals surface area contributed by atoms with E-state index >= 15 is 0 Å². The molecule has 34 heavy (non-hydrogen) atoms. The van der Waals surface area contributed by atoms with Gasteiger partial charge in [-0.2, -0.15) is 0 Å². The average molecular weight is 469 g/mol. The maximum absolute atomic E-state index is 11.6. The second-order valence-electron chi connectivity index (χ2n) is 9.49. The summed E-state index contributed by atoms with van der Waals surface area (Å²) in [5.41, 5.74) is 1.14. The third kappa shape index (κ3) is 4.30. The highest BCUT2D eigenvalue weighted by atomic mass is 16.5. The fourth-order valence-corrected chi connectivity index (χ4v) is 4.63. The molecule has 0 atom stereocenters. The first kappa shape index (κ1) is 22.5. The highest BCUT2D eigenvalue weighted by Gasteiger charge is 2.50. The summed E-state index contributed by atoms with van der Waals surface area (Å²) in [6, 6.07) is 10.5. The Balaban J connectivity index is 0.000000142. The minimum atomic E-state index is -0.982. The van der Waals surface area contributed by atoms with Crippen LogP contribution < -0.4 is 9.80 Å². The van der Waals surface area contributed by atoms with Crippen molar-refractivity contribution in [3.63, 3.8) is 0 Å². The predicted octanol–water partition coefficient (Wildman–Crippen LogP) is 1.71. The molecule has 0 saturated carbocycles. The lowest BCUT2D eigenvalue weighted by molar-refractivity contribution is -0.127. The van der Waals surface area contributed by atoms with E-state index in [0.717, 1.165) is 64.2 Å². The van der Waals surface area contributed by atoms with Crippen molar-refractivity contribution in [2.75, 3.05) is 69.0 Å². The molecule has 10 nitrogen and oxygen atoms in total. The first-order valence-electron chi connectivity index (χ1n) is 11.4. The number of anilines is 2. The Hall–Kier alpha value is -3.24. The number of ether oxygens (including phenoxy) is 3. The molecule has 0 aromatic carbocycles. The summed E-state index contributed by atoms with van der Waals surface area (Å²) in [4.78, 5) is 35.1. The number of esters is 1. The number of carboxylic acids is 1. The van der Waals surface area contributed by atoms with Crippen LogP contribution in [-0.4, -0.2) is 86.2 Å². The van der Waals surface area contributed by atoms with Crippen LogP contribution in [0.1, 0.15) is 27.9 Å². The van der Waals surface area contributed by atoms with E-state index < -0.39 is 5.97 Å². The Morgan fingerprint density at radius 2 is 1.35 bits per heavy atom. The van der Waals surface area contributed by atoms with Gasteiger partial charge in [-0.1, -0.05) is 12.1 Å². The van der Waals surface area contributed by atoms with Crippen molar-refractivity contribution in [3.8, 4) is 0 Å². The van der Waals surface area contributed by atoms with Gasteiger partial charge in [-0.15, -0.1) is 0 Å². The van der Waals surface area contributed by atoms with Crippen molar-refractivity contribution < 1.29 is 28.9 Å². The molecule has 2 spiro atoms. The lowest BCUT2D eigenvalue weighted by atomic mass is 9.78. The van der Waals surface area contributed by atoms with Gasteiger partial charge in [-0.25, -0.2) is 19.6 Å². The van der Waals surface area contributed by atoms with E-state index in [1.807, 2.05) is 18.2 Å². The molecule has 1 N–H and O–H groups in total. The third-order valence-corrected chi connectivity index (χ3v) is 6.56. The van der Waals surface area contributed by atoms with Crippen LogP contribution in [0.3, 0.4) is 0 Å². The molecule has 4 aliphatic rings. The number of nitrogens with zero attached hydrogens (tertiary/aromatic N) is 4. The zero-order valence-electron chi connectivity index (χ0n) is 19.1. The van der Waals surface area contributed by atoms with Crippen molar-refractivity contribution in [3.05, 3.63) is 47.8 Å². The zero-order valence-corrected chi connectivity index (χ0v) is 19.1. The topological polar surface area (TPSA) is 114 Å². The molecule has 0 bridgehead atoms. The lowest BCUT2D eigenvalue weighted by Gasteiger charge is -2.55. The molecule has 0 unspecified atom stereocenters. The van der Waals surface area contributed by atoms with E-state index in [4.69, 9.17) is 19.3 Å². The van der Waals surface area contributed by atoms with Crippen molar-refractivity contribution >= 4 is 23.6 Å². The average Bonchev–Trinajstić information content (AvgIpc) is 2.71. The van der Waals surface area contributed by atoms with Crippen LogP contribution in [0.25, 0.3) is 0 Å². The first-order chi connectivity index (χ1) is 16.4. The van der Waals surface area contributed by atoms with Crippen LogP contribution in [-0.2, 0) is 14.2 Å². The summed E-state index contributed by atoms with van der Waals surface area (Å²) in [5, 5.41) is 8.84. The van der Waals surface area contributed by atoms with E-state index in [-0.39, 0.29) is 11.7 Å². The molecule has 0 radical (unpaired) electrons. The van der Waals surface area contributed by atoms with E-state index in [2.05, 4.69) is 19.8 Å². The first-order valence-corrected chi connectivity index (χ1v) is 11.4. The molecular formula is C24H28N4O6. The fraction of sp³-hybridized carbons (Fsp3) is 0.500. The van der Waals surface area contributed by atoms with E-state index in [9.17, 15) is 9.59 Å².